The minimum atomic E-state index is -0.613. The number of carbonyl (C=O) groups is 1. The average Bonchev–Trinajstić information content (AvgIpc) is 2.38. The molecule has 9 heavy (non-hydrogen) atoms. The van der Waals surface area contributed by atoms with Crippen LogP contribution >= 0.6 is 0 Å². The number of fused-ring (bicyclic) bond motifs is 1. The summed E-state index contributed by atoms with van der Waals surface area (Å²) in [6.07, 6.45) is 1.63. The molecule has 2 saturated heterocycles. The van der Waals surface area contributed by atoms with E-state index in [1.54, 1.807) is 0 Å². The normalized spacial score (nSPS) is 46.4. The van der Waals surface area contributed by atoms with Crippen LogP contribution in [0.3, 0.4) is 0 Å². The number of quaternary nitrogens is 1. The molecule has 3 nitrogen and oxygen atoms in total. The predicted molar refractivity (Wildman–Crippen MR) is 31.0 cm³/mol. The van der Waals surface area contributed by atoms with Crippen LogP contribution in [0.4, 0.5) is 4.79 Å². The van der Waals surface area contributed by atoms with Gasteiger partial charge in [-0.25, -0.2) is 4.48 Å². The molecule has 0 aromatic heterocycles. The van der Waals surface area contributed by atoms with Crippen molar-refractivity contribution in [2.45, 2.75) is 18.9 Å². The molecule has 2 unspecified atom stereocenters. The highest BCUT2D eigenvalue weighted by atomic mass is 16.4. The first-order valence-corrected chi connectivity index (χ1v) is 3.36. The molecule has 2 aliphatic rings. The molecule has 0 saturated carbocycles. The summed E-state index contributed by atoms with van der Waals surface area (Å²) < 4.78 is 0.389. The van der Waals surface area contributed by atoms with Crippen molar-refractivity contribution in [2.75, 3.05) is 13.1 Å². The van der Waals surface area contributed by atoms with Crippen molar-refractivity contribution in [1.82, 2.24) is 0 Å². The van der Waals surface area contributed by atoms with Gasteiger partial charge in [-0.2, -0.15) is 4.79 Å². The lowest BCUT2D eigenvalue weighted by atomic mass is 10.3. The van der Waals surface area contributed by atoms with Gasteiger partial charge in [-0.1, -0.05) is 0 Å². The molecule has 1 N–H and O–H groups in total. The molecule has 0 spiro atoms. The minimum Gasteiger partial charge on any atom is -0.435 e. The van der Waals surface area contributed by atoms with Gasteiger partial charge in [0.1, 0.15) is 12.6 Å². The molecule has 1 amide bonds. The predicted octanol–water partition coefficient (Wildman–Crippen LogP) is 0.657. The summed E-state index contributed by atoms with van der Waals surface area (Å²) in [5, 5.41) is 8.69. The quantitative estimate of drug-likeness (QED) is 0.384. The molecule has 3 heteroatoms. The highest BCUT2D eigenvalue weighted by molar-refractivity contribution is 5.59. The highest BCUT2D eigenvalue weighted by Crippen LogP contribution is 2.40. The number of amides is 1. The molecule has 0 aliphatic carbocycles. The van der Waals surface area contributed by atoms with Crippen molar-refractivity contribution in [3.8, 4) is 0 Å². The molecular weight excluding hydrogens is 118 g/mol. The van der Waals surface area contributed by atoms with E-state index in [-0.39, 0.29) is 0 Å². The van der Waals surface area contributed by atoms with Crippen LogP contribution in [0, 0.1) is 0 Å². The second-order valence-corrected chi connectivity index (χ2v) is 3.02. The Morgan fingerprint density at radius 3 is 2.67 bits per heavy atom. The van der Waals surface area contributed by atoms with Crippen LogP contribution in [0.1, 0.15) is 12.8 Å². The summed E-state index contributed by atoms with van der Waals surface area (Å²) in [4.78, 5) is 10.5. The summed E-state index contributed by atoms with van der Waals surface area (Å²) in [5.74, 6) is 0. The van der Waals surface area contributed by atoms with Gasteiger partial charge in [-0.3, -0.25) is 0 Å². The van der Waals surface area contributed by atoms with Gasteiger partial charge in [-0.05, 0) is 0 Å². The zero-order valence-corrected chi connectivity index (χ0v) is 5.21. The molecular formula is C6H10NO2+. The van der Waals surface area contributed by atoms with Crippen molar-refractivity contribution in [2.24, 2.45) is 0 Å². The Labute approximate surface area is 53.5 Å². The summed E-state index contributed by atoms with van der Waals surface area (Å²) in [6, 6.07) is 0.488. The minimum absolute atomic E-state index is 0.389. The number of rotatable bonds is 0. The summed E-state index contributed by atoms with van der Waals surface area (Å²) in [6.45, 7) is 1.77. The number of hydrogen-bond donors (Lipinski definition) is 1. The van der Waals surface area contributed by atoms with Crippen LogP contribution in [-0.2, 0) is 0 Å². The zero-order valence-electron chi connectivity index (χ0n) is 5.21. The van der Waals surface area contributed by atoms with Crippen molar-refractivity contribution >= 4 is 6.09 Å². The Hall–Kier alpha value is -0.570. The fourth-order valence-electron chi connectivity index (χ4n) is 1.88. The SMILES string of the molecule is O=C(O)[N+]12CCCC1C2. The maximum atomic E-state index is 10.5. The van der Waals surface area contributed by atoms with Gasteiger partial charge in [0, 0.05) is 12.8 Å². The average molecular weight is 128 g/mol. The second kappa shape index (κ2) is 1.29. The number of nitrogens with zero attached hydrogens (tertiary/aromatic N) is 1. The molecule has 0 radical (unpaired) electrons. The van der Waals surface area contributed by atoms with Crippen LogP contribution < -0.4 is 0 Å². The topological polar surface area (TPSA) is 37.3 Å². The molecule has 50 valence electrons. The molecule has 2 fully saturated rings. The largest absolute Gasteiger partial charge is 0.514 e. The van der Waals surface area contributed by atoms with Gasteiger partial charge >= 0.3 is 6.09 Å². The first kappa shape index (κ1) is 5.23. The van der Waals surface area contributed by atoms with Crippen molar-refractivity contribution in [3.63, 3.8) is 0 Å². The van der Waals surface area contributed by atoms with Crippen molar-refractivity contribution in [3.05, 3.63) is 0 Å². The van der Waals surface area contributed by atoms with E-state index in [0.717, 1.165) is 25.9 Å². The van der Waals surface area contributed by atoms with E-state index >= 15 is 0 Å². The standard InChI is InChI=1S/C6H9NO2/c8-6(9)7-3-1-2-5(7)4-7/h5H,1-4H2/p+1. The molecule has 0 bridgehead atoms. The lowest BCUT2D eigenvalue weighted by Gasteiger charge is -2.04. The third-order valence-corrected chi connectivity index (χ3v) is 2.58. The Kier molecular flexibility index (Phi) is 0.750. The maximum absolute atomic E-state index is 10.5. The third kappa shape index (κ3) is 0.477. The monoisotopic (exact) mass is 128 g/mol. The van der Waals surface area contributed by atoms with E-state index in [4.69, 9.17) is 5.11 Å². The van der Waals surface area contributed by atoms with Crippen LogP contribution in [0.2, 0.25) is 0 Å². The van der Waals surface area contributed by atoms with Gasteiger partial charge in [0.2, 0.25) is 0 Å². The van der Waals surface area contributed by atoms with Gasteiger partial charge in [0.15, 0.2) is 0 Å². The third-order valence-electron chi connectivity index (χ3n) is 2.58. The summed E-state index contributed by atoms with van der Waals surface area (Å²) in [5.41, 5.74) is 0. The summed E-state index contributed by atoms with van der Waals surface area (Å²) >= 11 is 0. The first-order valence-electron chi connectivity index (χ1n) is 3.36. The molecule has 2 atom stereocenters. The van der Waals surface area contributed by atoms with E-state index in [2.05, 4.69) is 0 Å². The van der Waals surface area contributed by atoms with E-state index in [9.17, 15) is 4.79 Å². The van der Waals surface area contributed by atoms with Crippen molar-refractivity contribution < 1.29 is 14.4 Å². The molecule has 0 aromatic carbocycles. The smallest absolute Gasteiger partial charge is 0.435 e. The van der Waals surface area contributed by atoms with Gasteiger partial charge in [0.05, 0.1) is 6.54 Å². The van der Waals surface area contributed by atoms with E-state index in [1.165, 1.54) is 0 Å². The van der Waals surface area contributed by atoms with Crippen LogP contribution in [0.25, 0.3) is 0 Å². The van der Waals surface area contributed by atoms with Crippen LogP contribution in [-0.4, -0.2) is 34.8 Å². The molecule has 2 heterocycles. The molecule has 2 aliphatic heterocycles. The highest BCUT2D eigenvalue weighted by Gasteiger charge is 2.64. The van der Waals surface area contributed by atoms with E-state index in [1.807, 2.05) is 0 Å². The number of hydrogen-bond acceptors (Lipinski definition) is 1. The lowest BCUT2D eigenvalue weighted by Crippen LogP contribution is -2.31. The van der Waals surface area contributed by atoms with Crippen LogP contribution in [0.5, 0.6) is 0 Å². The van der Waals surface area contributed by atoms with E-state index in [0.29, 0.717) is 10.5 Å². The Balaban J connectivity index is 2.19. The second-order valence-electron chi connectivity index (χ2n) is 3.02. The fourth-order valence-corrected chi connectivity index (χ4v) is 1.88. The molecule has 2 rings (SSSR count). The summed E-state index contributed by atoms with van der Waals surface area (Å²) in [7, 11) is 0. The Morgan fingerprint density at radius 1 is 1.67 bits per heavy atom. The number of piperidine rings is 1. The first-order chi connectivity index (χ1) is 4.26. The van der Waals surface area contributed by atoms with E-state index < -0.39 is 6.09 Å². The number of carboxylic acid groups (broad SMARTS) is 1. The lowest BCUT2D eigenvalue weighted by molar-refractivity contribution is -0.724. The van der Waals surface area contributed by atoms with Crippen molar-refractivity contribution in [1.29, 1.82) is 0 Å². The van der Waals surface area contributed by atoms with Gasteiger partial charge in [0.25, 0.3) is 0 Å². The zero-order chi connectivity index (χ0) is 6.48. The van der Waals surface area contributed by atoms with Gasteiger partial charge in [-0.15, -0.1) is 0 Å². The molecule has 0 aromatic rings. The maximum Gasteiger partial charge on any atom is 0.514 e. The van der Waals surface area contributed by atoms with Gasteiger partial charge < -0.3 is 5.11 Å². The fraction of sp³-hybridized carbons (Fsp3) is 0.833. The Bertz CT molecular complexity index is 168. The Morgan fingerprint density at radius 2 is 2.44 bits per heavy atom. The van der Waals surface area contributed by atoms with Crippen LogP contribution in [0.15, 0.2) is 0 Å².